The van der Waals surface area contributed by atoms with Gasteiger partial charge < -0.3 is 0 Å². The zero-order valence-electron chi connectivity index (χ0n) is 6.68. The fourth-order valence-corrected chi connectivity index (χ4v) is 4.09. The molecular formula is C7H12OPS3+. The minimum atomic E-state index is -0.737. The molecule has 5 heteroatoms. The zero-order valence-corrected chi connectivity index (χ0v) is 10.1. The van der Waals surface area contributed by atoms with Gasteiger partial charge in [-0.1, -0.05) is 11.7 Å². The first-order valence-corrected chi connectivity index (χ1v) is 9.00. The maximum atomic E-state index is 5.76. The molecular weight excluding hydrogens is 227 g/mol. The summed E-state index contributed by atoms with van der Waals surface area (Å²) in [5.74, 6) is 1.77. The van der Waals surface area contributed by atoms with Gasteiger partial charge >= 0.3 is 6.13 Å². The molecule has 4 atom stereocenters. The molecule has 0 aromatic rings. The Hall–Kier alpha value is 1.18. The van der Waals surface area contributed by atoms with Crippen LogP contribution in [0.15, 0.2) is 0 Å². The lowest BCUT2D eigenvalue weighted by Crippen LogP contribution is -2.16. The molecule has 0 saturated heterocycles. The van der Waals surface area contributed by atoms with Crippen LogP contribution in [0.2, 0.25) is 0 Å². The van der Waals surface area contributed by atoms with Gasteiger partial charge in [-0.15, -0.1) is 0 Å². The Labute approximate surface area is 88.1 Å². The second kappa shape index (κ2) is 4.14. The first-order valence-electron chi connectivity index (χ1n) is 4.25. The summed E-state index contributed by atoms with van der Waals surface area (Å²) >= 11 is 9.19. The van der Waals surface area contributed by atoms with Gasteiger partial charge in [-0.05, 0) is 37.5 Å². The second-order valence-corrected chi connectivity index (χ2v) is 9.09. The van der Waals surface area contributed by atoms with E-state index in [4.69, 9.17) is 16.3 Å². The molecule has 2 saturated carbocycles. The van der Waals surface area contributed by atoms with E-state index in [1.807, 2.05) is 0 Å². The van der Waals surface area contributed by atoms with Gasteiger partial charge in [0.1, 0.15) is 6.10 Å². The van der Waals surface area contributed by atoms with Crippen molar-refractivity contribution in [3.8, 4) is 0 Å². The van der Waals surface area contributed by atoms with Crippen molar-refractivity contribution in [1.29, 1.82) is 0 Å². The van der Waals surface area contributed by atoms with Crippen molar-refractivity contribution in [2.24, 2.45) is 11.8 Å². The van der Waals surface area contributed by atoms with Crippen molar-refractivity contribution in [3.05, 3.63) is 0 Å². The molecule has 0 heterocycles. The van der Waals surface area contributed by atoms with Gasteiger partial charge in [-0.2, -0.15) is 4.52 Å². The van der Waals surface area contributed by atoms with E-state index in [0.29, 0.717) is 6.10 Å². The van der Waals surface area contributed by atoms with Gasteiger partial charge in [0.2, 0.25) is 11.8 Å². The number of rotatable bonds is 3. The highest BCUT2D eigenvalue weighted by Crippen LogP contribution is 2.52. The summed E-state index contributed by atoms with van der Waals surface area (Å²) in [5, 5.41) is 0. The number of hydrogen-bond acceptors (Lipinski definition) is 4. The van der Waals surface area contributed by atoms with Crippen LogP contribution in [-0.4, -0.2) is 6.10 Å². The van der Waals surface area contributed by atoms with Crippen LogP contribution in [0.4, 0.5) is 0 Å². The molecule has 0 N–H and O–H groups in total. The van der Waals surface area contributed by atoms with E-state index >= 15 is 0 Å². The van der Waals surface area contributed by atoms with E-state index < -0.39 is 6.13 Å². The SMILES string of the molecule is S=[P+](OC1CC2CCC1C2)SS. The minimum absolute atomic E-state index is 0.479. The van der Waals surface area contributed by atoms with Crippen molar-refractivity contribution >= 4 is 40.0 Å². The van der Waals surface area contributed by atoms with Crippen molar-refractivity contribution in [1.82, 2.24) is 0 Å². The van der Waals surface area contributed by atoms with Gasteiger partial charge in [0.25, 0.3) is 0 Å². The molecule has 0 radical (unpaired) electrons. The standard InChI is InChI=1S/C7H11OPS3/c10-9(12-11)8-7-4-5-1-2-6(7)3-5/h5-7H,1-4H2/p+1. The predicted molar refractivity (Wildman–Crippen MR) is 61.2 cm³/mol. The van der Waals surface area contributed by atoms with Crippen molar-refractivity contribution in [3.63, 3.8) is 0 Å². The number of fused-ring (bicyclic) bond motifs is 2. The van der Waals surface area contributed by atoms with Crippen LogP contribution in [0.3, 0.4) is 0 Å². The Bertz CT molecular complexity index is 199. The maximum Gasteiger partial charge on any atom is 0.426 e. The minimum Gasteiger partial charge on any atom is -0.154 e. The van der Waals surface area contributed by atoms with Crippen molar-refractivity contribution in [2.45, 2.75) is 31.8 Å². The lowest BCUT2D eigenvalue weighted by atomic mass is 9.98. The summed E-state index contributed by atoms with van der Waals surface area (Å²) in [4.78, 5) is 0. The number of thiol groups is 1. The first kappa shape index (κ1) is 9.72. The highest BCUT2D eigenvalue weighted by atomic mass is 33.4. The van der Waals surface area contributed by atoms with Crippen LogP contribution in [0.5, 0.6) is 0 Å². The van der Waals surface area contributed by atoms with Crippen LogP contribution >= 0.6 is 28.2 Å². The molecule has 2 bridgehead atoms. The van der Waals surface area contributed by atoms with Crippen LogP contribution in [0, 0.1) is 11.8 Å². The normalized spacial score (nSPS) is 40.4. The molecule has 0 amide bonds. The van der Waals surface area contributed by atoms with E-state index in [1.165, 1.54) is 36.1 Å². The summed E-state index contributed by atoms with van der Waals surface area (Å²) in [5.41, 5.74) is 0. The van der Waals surface area contributed by atoms with Crippen LogP contribution in [0.25, 0.3) is 0 Å². The summed E-state index contributed by atoms with van der Waals surface area (Å²) in [6.45, 7) is 0. The first-order chi connectivity index (χ1) is 5.79. The van der Waals surface area contributed by atoms with Gasteiger partial charge in [-0.3, -0.25) is 0 Å². The average Bonchev–Trinajstić information content (AvgIpc) is 2.64. The molecule has 12 heavy (non-hydrogen) atoms. The highest BCUT2D eigenvalue weighted by molar-refractivity contribution is 8.96. The van der Waals surface area contributed by atoms with Crippen LogP contribution in [-0.2, 0) is 16.3 Å². The molecule has 0 aromatic heterocycles. The number of hydrogen-bond donors (Lipinski definition) is 1. The molecule has 0 spiro atoms. The molecule has 68 valence electrons. The third kappa shape index (κ3) is 1.98. The summed E-state index contributed by atoms with van der Waals surface area (Å²) < 4.78 is 5.76. The van der Waals surface area contributed by atoms with Crippen molar-refractivity contribution in [2.75, 3.05) is 0 Å². The molecule has 0 aliphatic heterocycles. The Balaban J connectivity index is 1.86. The quantitative estimate of drug-likeness (QED) is 0.458. The summed E-state index contributed by atoms with van der Waals surface area (Å²) in [7, 11) is 1.39. The van der Waals surface area contributed by atoms with Gasteiger partial charge in [-0.25, -0.2) is 0 Å². The highest BCUT2D eigenvalue weighted by Gasteiger charge is 2.43. The molecule has 2 fully saturated rings. The molecule has 2 aliphatic rings. The fraction of sp³-hybridized carbons (Fsp3) is 1.00. The molecule has 4 unspecified atom stereocenters. The van der Waals surface area contributed by atoms with E-state index in [9.17, 15) is 0 Å². The largest absolute Gasteiger partial charge is 0.426 e. The smallest absolute Gasteiger partial charge is 0.154 e. The van der Waals surface area contributed by atoms with Crippen LogP contribution < -0.4 is 0 Å². The monoisotopic (exact) mass is 239 g/mol. The molecule has 0 aromatic carbocycles. The van der Waals surface area contributed by atoms with Crippen LogP contribution in [0.1, 0.15) is 25.7 Å². The molecule has 2 aliphatic carbocycles. The zero-order chi connectivity index (χ0) is 8.55. The van der Waals surface area contributed by atoms with E-state index in [-0.39, 0.29) is 0 Å². The van der Waals surface area contributed by atoms with E-state index in [1.54, 1.807) is 0 Å². The van der Waals surface area contributed by atoms with Gasteiger partial charge in [0.05, 0.1) is 0 Å². The third-order valence-electron chi connectivity index (χ3n) is 2.96. The Morgan fingerprint density at radius 2 is 2.25 bits per heavy atom. The van der Waals surface area contributed by atoms with Gasteiger partial charge in [0, 0.05) is 0 Å². The van der Waals surface area contributed by atoms with Crippen molar-refractivity contribution < 1.29 is 4.52 Å². The Morgan fingerprint density at radius 3 is 2.75 bits per heavy atom. The topological polar surface area (TPSA) is 9.23 Å². The molecule has 2 rings (SSSR count). The Morgan fingerprint density at radius 1 is 1.42 bits per heavy atom. The van der Waals surface area contributed by atoms with E-state index in [0.717, 1.165) is 11.8 Å². The lowest BCUT2D eigenvalue weighted by Gasteiger charge is -2.15. The Kier molecular flexibility index (Phi) is 3.35. The average molecular weight is 239 g/mol. The van der Waals surface area contributed by atoms with E-state index in [2.05, 4.69) is 11.7 Å². The second-order valence-electron chi connectivity index (χ2n) is 3.62. The van der Waals surface area contributed by atoms with Gasteiger partial charge in [0.15, 0.2) is 10.4 Å². The lowest BCUT2D eigenvalue weighted by molar-refractivity contribution is 0.163. The predicted octanol–water partition coefficient (Wildman–Crippen LogP) is 3.54. The maximum absolute atomic E-state index is 5.76. The third-order valence-corrected chi connectivity index (χ3v) is 7.45. The molecule has 1 nitrogen and oxygen atoms in total. The summed E-state index contributed by atoms with van der Waals surface area (Å²) in [6, 6.07) is 0. The fourth-order valence-electron chi connectivity index (χ4n) is 2.45. The summed E-state index contributed by atoms with van der Waals surface area (Å²) in [6.07, 6.45) is 5.18.